The van der Waals surface area contributed by atoms with E-state index < -0.39 is 0 Å². The molecule has 0 saturated heterocycles. The first-order valence-electron chi connectivity index (χ1n) is 3.66. The molecule has 2 N–H and O–H groups in total. The van der Waals surface area contributed by atoms with Crippen LogP contribution < -0.4 is 5.90 Å². The second-order valence-electron chi connectivity index (χ2n) is 2.98. The number of rotatable bonds is 5. The zero-order chi connectivity index (χ0) is 8.32. The minimum absolute atomic E-state index is 0.0260. The van der Waals surface area contributed by atoms with Crippen molar-refractivity contribution in [3.63, 3.8) is 0 Å². The van der Waals surface area contributed by atoms with Gasteiger partial charge in [-0.3, -0.25) is 0 Å². The van der Waals surface area contributed by atoms with Crippen LogP contribution in [-0.4, -0.2) is 27.1 Å². The summed E-state index contributed by atoms with van der Waals surface area (Å²) in [6.45, 7) is 0.513. The van der Waals surface area contributed by atoms with Crippen LogP contribution in [0.4, 0.5) is 0 Å². The smallest absolute Gasteiger partial charge is 0.164 e. The third-order valence-electron chi connectivity index (χ3n) is 2.19. The van der Waals surface area contributed by atoms with E-state index >= 15 is 0 Å². The van der Waals surface area contributed by atoms with Crippen LogP contribution in [0.5, 0.6) is 0 Å². The van der Waals surface area contributed by atoms with Gasteiger partial charge in [-0.2, -0.15) is 0 Å². The number of hydrogen-bond donors (Lipinski definition) is 1. The van der Waals surface area contributed by atoms with E-state index in [-0.39, 0.29) is 11.7 Å². The van der Waals surface area contributed by atoms with E-state index in [0.29, 0.717) is 6.61 Å². The zero-order valence-corrected chi connectivity index (χ0v) is 7.00. The SMILES string of the molecule is COC(OC)C1(CON)CC1. The third kappa shape index (κ3) is 1.70. The predicted octanol–water partition coefficient (Wildman–Crippen LogP) is 0.276. The van der Waals surface area contributed by atoms with Crippen molar-refractivity contribution in [3.8, 4) is 0 Å². The molecule has 0 amide bonds. The van der Waals surface area contributed by atoms with Gasteiger partial charge in [0.1, 0.15) is 0 Å². The first-order chi connectivity index (χ1) is 5.29. The largest absolute Gasteiger partial charge is 0.355 e. The van der Waals surface area contributed by atoms with Gasteiger partial charge in [0.2, 0.25) is 0 Å². The van der Waals surface area contributed by atoms with Gasteiger partial charge in [-0.05, 0) is 12.8 Å². The fourth-order valence-corrected chi connectivity index (χ4v) is 1.37. The molecule has 1 rings (SSSR count). The molecule has 0 atom stereocenters. The Kier molecular flexibility index (Phi) is 2.84. The molecule has 0 radical (unpaired) electrons. The second-order valence-corrected chi connectivity index (χ2v) is 2.98. The van der Waals surface area contributed by atoms with Crippen molar-refractivity contribution < 1.29 is 14.3 Å². The molecule has 66 valence electrons. The summed E-state index contributed by atoms with van der Waals surface area (Å²) in [5.41, 5.74) is 0.0260. The molecule has 1 aliphatic rings. The van der Waals surface area contributed by atoms with Crippen LogP contribution in [0.2, 0.25) is 0 Å². The number of hydrogen-bond acceptors (Lipinski definition) is 4. The molecule has 1 aliphatic carbocycles. The van der Waals surface area contributed by atoms with E-state index in [1.54, 1.807) is 14.2 Å². The lowest BCUT2D eigenvalue weighted by Gasteiger charge is -2.22. The topological polar surface area (TPSA) is 53.7 Å². The van der Waals surface area contributed by atoms with Gasteiger partial charge in [0, 0.05) is 19.6 Å². The molecule has 0 aliphatic heterocycles. The summed E-state index contributed by atoms with van der Waals surface area (Å²) in [4.78, 5) is 4.59. The summed E-state index contributed by atoms with van der Waals surface area (Å²) < 4.78 is 10.2. The fourth-order valence-electron chi connectivity index (χ4n) is 1.37. The van der Waals surface area contributed by atoms with E-state index in [1.165, 1.54) is 0 Å². The maximum atomic E-state index is 5.12. The lowest BCUT2D eigenvalue weighted by atomic mass is 10.1. The van der Waals surface area contributed by atoms with Crippen LogP contribution in [0.25, 0.3) is 0 Å². The van der Waals surface area contributed by atoms with Crippen molar-refractivity contribution in [2.45, 2.75) is 19.1 Å². The maximum Gasteiger partial charge on any atom is 0.164 e. The van der Waals surface area contributed by atoms with E-state index in [1.807, 2.05) is 0 Å². The van der Waals surface area contributed by atoms with Crippen LogP contribution in [0.1, 0.15) is 12.8 Å². The van der Waals surface area contributed by atoms with Crippen molar-refractivity contribution in [1.29, 1.82) is 0 Å². The summed E-state index contributed by atoms with van der Waals surface area (Å²) in [5, 5.41) is 0. The molecule has 1 saturated carbocycles. The van der Waals surface area contributed by atoms with E-state index in [2.05, 4.69) is 4.84 Å². The Labute approximate surface area is 66.6 Å². The van der Waals surface area contributed by atoms with Gasteiger partial charge in [-0.25, -0.2) is 5.90 Å². The lowest BCUT2D eigenvalue weighted by molar-refractivity contribution is -0.161. The molecule has 4 heteroatoms. The van der Waals surface area contributed by atoms with Crippen LogP contribution >= 0.6 is 0 Å². The normalized spacial score (nSPS) is 20.7. The van der Waals surface area contributed by atoms with Crippen molar-refractivity contribution in [3.05, 3.63) is 0 Å². The van der Waals surface area contributed by atoms with Gasteiger partial charge >= 0.3 is 0 Å². The molecule has 0 aromatic heterocycles. The van der Waals surface area contributed by atoms with Crippen molar-refractivity contribution in [2.75, 3.05) is 20.8 Å². The molecule has 0 unspecified atom stereocenters. The summed E-state index contributed by atoms with van der Waals surface area (Å²) in [5.74, 6) is 4.99. The van der Waals surface area contributed by atoms with Crippen molar-refractivity contribution in [2.24, 2.45) is 11.3 Å². The lowest BCUT2D eigenvalue weighted by Crippen LogP contribution is -2.31. The van der Waals surface area contributed by atoms with Gasteiger partial charge in [0.25, 0.3) is 0 Å². The predicted molar refractivity (Wildman–Crippen MR) is 39.6 cm³/mol. The highest BCUT2D eigenvalue weighted by molar-refractivity contribution is 4.95. The van der Waals surface area contributed by atoms with Gasteiger partial charge in [-0.1, -0.05) is 0 Å². The second kappa shape index (κ2) is 3.49. The molecule has 0 aromatic rings. The van der Waals surface area contributed by atoms with Gasteiger partial charge in [0.05, 0.1) is 6.61 Å². The number of methoxy groups -OCH3 is 2. The monoisotopic (exact) mass is 161 g/mol. The van der Waals surface area contributed by atoms with Crippen LogP contribution in [-0.2, 0) is 14.3 Å². The van der Waals surface area contributed by atoms with E-state index in [4.69, 9.17) is 15.4 Å². The molecule has 11 heavy (non-hydrogen) atoms. The first kappa shape index (κ1) is 8.93. The molecule has 0 aromatic carbocycles. The van der Waals surface area contributed by atoms with Crippen molar-refractivity contribution in [1.82, 2.24) is 0 Å². The van der Waals surface area contributed by atoms with E-state index in [0.717, 1.165) is 12.8 Å². The average Bonchev–Trinajstić information content (AvgIpc) is 2.73. The van der Waals surface area contributed by atoms with Gasteiger partial charge < -0.3 is 14.3 Å². The Morgan fingerprint density at radius 3 is 2.18 bits per heavy atom. The minimum atomic E-state index is -0.175. The molecular weight excluding hydrogens is 146 g/mol. The quantitative estimate of drug-likeness (QED) is 0.464. The standard InChI is InChI=1S/C7H15NO3/c1-9-6(10-2)7(3-4-7)5-11-8/h6H,3-5,8H2,1-2H3. The Morgan fingerprint density at radius 1 is 1.36 bits per heavy atom. The fraction of sp³-hybridized carbons (Fsp3) is 1.00. The average molecular weight is 161 g/mol. The molecule has 0 spiro atoms. The van der Waals surface area contributed by atoms with Crippen LogP contribution in [0.15, 0.2) is 0 Å². The van der Waals surface area contributed by atoms with E-state index in [9.17, 15) is 0 Å². The number of nitrogens with two attached hydrogens (primary N) is 1. The first-order valence-corrected chi connectivity index (χ1v) is 3.66. The summed E-state index contributed by atoms with van der Waals surface area (Å²) in [7, 11) is 3.26. The molecule has 4 nitrogen and oxygen atoms in total. The van der Waals surface area contributed by atoms with Crippen molar-refractivity contribution >= 4 is 0 Å². The molecule has 1 fully saturated rings. The van der Waals surface area contributed by atoms with Crippen LogP contribution in [0.3, 0.4) is 0 Å². The highest BCUT2D eigenvalue weighted by Gasteiger charge is 2.50. The summed E-state index contributed by atoms with van der Waals surface area (Å²) >= 11 is 0. The number of ether oxygens (including phenoxy) is 2. The Hall–Kier alpha value is -0.160. The highest BCUT2D eigenvalue weighted by Crippen LogP contribution is 2.49. The molecule has 0 heterocycles. The molecular formula is C7H15NO3. The maximum absolute atomic E-state index is 5.12. The Bertz CT molecular complexity index is 121. The highest BCUT2D eigenvalue weighted by atomic mass is 16.7. The Morgan fingerprint density at radius 2 is 1.91 bits per heavy atom. The van der Waals surface area contributed by atoms with Gasteiger partial charge in [-0.15, -0.1) is 0 Å². The van der Waals surface area contributed by atoms with Crippen LogP contribution in [0, 0.1) is 5.41 Å². The van der Waals surface area contributed by atoms with Gasteiger partial charge in [0.15, 0.2) is 6.29 Å². The summed E-state index contributed by atoms with van der Waals surface area (Å²) in [6, 6.07) is 0. The summed E-state index contributed by atoms with van der Waals surface area (Å²) in [6.07, 6.45) is 1.96. The molecule has 0 bridgehead atoms. The zero-order valence-electron chi connectivity index (χ0n) is 7.00. The third-order valence-corrected chi connectivity index (χ3v) is 2.19. The Balaban J connectivity index is 2.41. The minimum Gasteiger partial charge on any atom is -0.355 e.